The van der Waals surface area contributed by atoms with Gasteiger partial charge in [0.15, 0.2) is 0 Å². The molecule has 1 heteroatoms. The molecule has 0 saturated heterocycles. The average Bonchev–Trinajstić information content (AvgIpc) is 2.51. The molecule has 0 amide bonds. The Kier molecular flexibility index (Phi) is 7.37. The Balaban J connectivity index is 2.22. The normalized spacial score (nSPS) is 21.1. The van der Waals surface area contributed by atoms with Gasteiger partial charge in [0.25, 0.3) is 0 Å². The largest absolute Gasteiger partial charge is 0.495 e. The molecule has 0 bridgehead atoms. The molecular formula is C15H28O. The lowest BCUT2D eigenvalue weighted by Crippen LogP contribution is -2.11. The molecule has 1 rings (SSSR count). The Morgan fingerprint density at radius 2 is 2.06 bits per heavy atom. The van der Waals surface area contributed by atoms with E-state index in [1.54, 1.807) is 0 Å². The van der Waals surface area contributed by atoms with Gasteiger partial charge in [-0.25, -0.2) is 0 Å². The third kappa shape index (κ3) is 5.58. The lowest BCUT2D eigenvalue weighted by Gasteiger charge is -2.18. The predicted molar refractivity (Wildman–Crippen MR) is 70.5 cm³/mol. The van der Waals surface area contributed by atoms with E-state index in [-0.39, 0.29) is 0 Å². The van der Waals surface area contributed by atoms with Gasteiger partial charge in [0.05, 0.1) is 11.9 Å². The Labute approximate surface area is 101 Å². The van der Waals surface area contributed by atoms with Crippen LogP contribution >= 0.6 is 0 Å². The van der Waals surface area contributed by atoms with Crippen LogP contribution < -0.4 is 0 Å². The number of hydrogen-bond acceptors (Lipinski definition) is 1. The highest BCUT2D eigenvalue weighted by Gasteiger charge is 2.14. The van der Waals surface area contributed by atoms with Gasteiger partial charge in [-0.15, -0.1) is 0 Å². The summed E-state index contributed by atoms with van der Waals surface area (Å²) in [6, 6.07) is 0. The first-order valence-corrected chi connectivity index (χ1v) is 7.22. The third-order valence-electron chi connectivity index (χ3n) is 3.30. The molecule has 16 heavy (non-hydrogen) atoms. The zero-order chi connectivity index (χ0) is 11.6. The molecule has 1 aliphatic heterocycles. The van der Waals surface area contributed by atoms with Crippen LogP contribution in [0.4, 0.5) is 0 Å². The summed E-state index contributed by atoms with van der Waals surface area (Å²) in [5, 5.41) is 0. The summed E-state index contributed by atoms with van der Waals surface area (Å²) in [5.74, 6) is 1.26. The molecule has 1 aliphatic rings. The zero-order valence-corrected chi connectivity index (χ0v) is 11.1. The van der Waals surface area contributed by atoms with Crippen LogP contribution in [0.3, 0.4) is 0 Å². The standard InChI is InChI=1S/C15H28O/c1-3-5-6-7-11-15-13-9-8-12-14(16-15)10-4-2/h12,15H,3-11,13H2,1-2H3. The van der Waals surface area contributed by atoms with Crippen LogP contribution in [0.2, 0.25) is 0 Å². The molecule has 0 radical (unpaired) electrons. The van der Waals surface area contributed by atoms with Crippen LogP contribution in [0.1, 0.15) is 78.1 Å². The minimum absolute atomic E-state index is 0.511. The van der Waals surface area contributed by atoms with Crippen molar-refractivity contribution < 1.29 is 4.74 Å². The van der Waals surface area contributed by atoms with Gasteiger partial charge < -0.3 is 4.74 Å². The van der Waals surface area contributed by atoms with E-state index in [4.69, 9.17) is 4.74 Å². The summed E-state index contributed by atoms with van der Waals surface area (Å²) in [6.45, 7) is 4.50. The maximum absolute atomic E-state index is 6.09. The lowest BCUT2D eigenvalue weighted by atomic mass is 10.1. The van der Waals surface area contributed by atoms with E-state index >= 15 is 0 Å². The third-order valence-corrected chi connectivity index (χ3v) is 3.30. The topological polar surface area (TPSA) is 9.23 Å². The van der Waals surface area contributed by atoms with Crippen molar-refractivity contribution in [1.82, 2.24) is 0 Å². The summed E-state index contributed by atoms with van der Waals surface area (Å²) in [4.78, 5) is 0. The summed E-state index contributed by atoms with van der Waals surface area (Å²) in [5.41, 5.74) is 0. The number of rotatable bonds is 7. The van der Waals surface area contributed by atoms with E-state index in [0.29, 0.717) is 6.10 Å². The molecule has 0 spiro atoms. The van der Waals surface area contributed by atoms with Gasteiger partial charge in [-0.05, 0) is 44.6 Å². The summed E-state index contributed by atoms with van der Waals surface area (Å²) < 4.78 is 6.09. The first-order chi connectivity index (χ1) is 7.86. The van der Waals surface area contributed by atoms with Crippen LogP contribution in [-0.4, -0.2) is 6.10 Å². The summed E-state index contributed by atoms with van der Waals surface area (Å²) >= 11 is 0. The maximum atomic E-state index is 6.09. The van der Waals surface area contributed by atoms with Crippen molar-refractivity contribution in [2.45, 2.75) is 84.2 Å². The van der Waals surface area contributed by atoms with Gasteiger partial charge in [-0.2, -0.15) is 0 Å². The maximum Gasteiger partial charge on any atom is 0.0982 e. The SMILES string of the molecule is CCCCCCC1CCCC=C(CCC)O1. The van der Waals surface area contributed by atoms with Crippen molar-refractivity contribution in [2.24, 2.45) is 0 Å². The second-order valence-corrected chi connectivity index (χ2v) is 4.94. The van der Waals surface area contributed by atoms with Crippen LogP contribution in [0.15, 0.2) is 11.8 Å². The molecule has 0 aromatic rings. The highest BCUT2D eigenvalue weighted by molar-refractivity contribution is 4.95. The summed E-state index contributed by atoms with van der Waals surface area (Å²) in [7, 11) is 0. The minimum atomic E-state index is 0.511. The molecule has 0 aliphatic carbocycles. The van der Waals surface area contributed by atoms with Gasteiger partial charge in [-0.3, -0.25) is 0 Å². The fraction of sp³-hybridized carbons (Fsp3) is 0.867. The average molecular weight is 224 g/mol. The molecule has 0 aromatic carbocycles. The fourth-order valence-electron chi connectivity index (χ4n) is 2.34. The molecule has 1 nitrogen and oxygen atoms in total. The number of ether oxygens (including phenoxy) is 1. The number of allylic oxidation sites excluding steroid dienone is 2. The smallest absolute Gasteiger partial charge is 0.0982 e. The zero-order valence-electron chi connectivity index (χ0n) is 11.1. The molecule has 1 unspecified atom stereocenters. The van der Waals surface area contributed by atoms with Crippen molar-refractivity contribution in [1.29, 1.82) is 0 Å². The van der Waals surface area contributed by atoms with E-state index in [2.05, 4.69) is 19.9 Å². The Morgan fingerprint density at radius 3 is 2.81 bits per heavy atom. The van der Waals surface area contributed by atoms with Crippen molar-refractivity contribution in [3.05, 3.63) is 11.8 Å². The monoisotopic (exact) mass is 224 g/mol. The van der Waals surface area contributed by atoms with E-state index in [1.807, 2.05) is 0 Å². The predicted octanol–water partition coefficient (Wildman–Crippen LogP) is 5.21. The van der Waals surface area contributed by atoms with Crippen LogP contribution in [-0.2, 0) is 4.74 Å². The van der Waals surface area contributed by atoms with E-state index in [1.165, 1.54) is 63.5 Å². The quantitative estimate of drug-likeness (QED) is 0.539. The second-order valence-electron chi connectivity index (χ2n) is 4.94. The molecule has 1 heterocycles. The molecule has 0 fully saturated rings. The van der Waals surface area contributed by atoms with Gasteiger partial charge in [0.1, 0.15) is 0 Å². The van der Waals surface area contributed by atoms with Gasteiger partial charge in [-0.1, -0.05) is 33.1 Å². The molecule has 0 saturated carbocycles. The van der Waals surface area contributed by atoms with Crippen molar-refractivity contribution in [2.75, 3.05) is 0 Å². The van der Waals surface area contributed by atoms with Crippen LogP contribution in [0.25, 0.3) is 0 Å². The van der Waals surface area contributed by atoms with Crippen molar-refractivity contribution in [3.8, 4) is 0 Å². The molecular weight excluding hydrogens is 196 g/mol. The Morgan fingerprint density at radius 1 is 1.19 bits per heavy atom. The highest BCUT2D eigenvalue weighted by atomic mass is 16.5. The second kappa shape index (κ2) is 8.66. The molecule has 94 valence electrons. The number of hydrogen-bond donors (Lipinski definition) is 0. The van der Waals surface area contributed by atoms with E-state index in [0.717, 1.165) is 6.42 Å². The number of unbranched alkanes of at least 4 members (excludes halogenated alkanes) is 3. The first kappa shape index (κ1) is 13.6. The van der Waals surface area contributed by atoms with Crippen molar-refractivity contribution in [3.63, 3.8) is 0 Å². The van der Waals surface area contributed by atoms with Gasteiger partial charge in [0, 0.05) is 6.42 Å². The minimum Gasteiger partial charge on any atom is -0.495 e. The van der Waals surface area contributed by atoms with E-state index in [9.17, 15) is 0 Å². The Bertz CT molecular complexity index is 196. The van der Waals surface area contributed by atoms with Crippen LogP contribution in [0, 0.1) is 0 Å². The molecule has 1 atom stereocenters. The Hall–Kier alpha value is -0.460. The van der Waals surface area contributed by atoms with Gasteiger partial charge in [0.2, 0.25) is 0 Å². The fourth-order valence-corrected chi connectivity index (χ4v) is 2.34. The van der Waals surface area contributed by atoms with Crippen molar-refractivity contribution >= 4 is 0 Å². The summed E-state index contributed by atoms with van der Waals surface area (Å²) in [6.07, 6.45) is 15.6. The highest BCUT2D eigenvalue weighted by Crippen LogP contribution is 2.23. The van der Waals surface area contributed by atoms with Crippen LogP contribution in [0.5, 0.6) is 0 Å². The van der Waals surface area contributed by atoms with E-state index < -0.39 is 0 Å². The lowest BCUT2D eigenvalue weighted by molar-refractivity contribution is 0.0957. The molecule has 0 N–H and O–H groups in total. The molecule has 0 aromatic heterocycles. The van der Waals surface area contributed by atoms with Gasteiger partial charge >= 0.3 is 0 Å². The first-order valence-electron chi connectivity index (χ1n) is 7.22.